The van der Waals surface area contributed by atoms with E-state index >= 15 is 0 Å². The summed E-state index contributed by atoms with van der Waals surface area (Å²) >= 11 is 0. The fourth-order valence-corrected chi connectivity index (χ4v) is 2.86. The summed E-state index contributed by atoms with van der Waals surface area (Å²) in [6.45, 7) is 7.80. The zero-order chi connectivity index (χ0) is 13.2. The molecular formula is C14H21N3O2. The van der Waals surface area contributed by atoms with Gasteiger partial charge in [-0.25, -0.2) is 4.98 Å². The highest BCUT2D eigenvalue weighted by molar-refractivity contribution is 5.53. The monoisotopic (exact) mass is 263 g/mol. The summed E-state index contributed by atoms with van der Waals surface area (Å²) in [5.41, 5.74) is 1.03. The molecule has 3 heterocycles. The van der Waals surface area contributed by atoms with E-state index in [0.717, 1.165) is 56.7 Å². The first kappa shape index (κ1) is 12.7. The average Bonchev–Trinajstić information content (AvgIpc) is 2.46. The van der Waals surface area contributed by atoms with Crippen molar-refractivity contribution in [3.05, 3.63) is 17.8 Å². The SMILES string of the molecule is COc1ccc(C)nc1N1CCN2CCOCC2C1. The van der Waals surface area contributed by atoms with Crippen LogP contribution >= 0.6 is 0 Å². The first-order chi connectivity index (χ1) is 9.28. The van der Waals surface area contributed by atoms with Gasteiger partial charge in [0.15, 0.2) is 11.6 Å². The van der Waals surface area contributed by atoms with Crippen LogP contribution in [0.15, 0.2) is 12.1 Å². The molecule has 2 aliphatic heterocycles. The molecule has 2 fully saturated rings. The lowest BCUT2D eigenvalue weighted by molar-refractivity contribution is -0.0118. The maximum absolute atomic E-state index is 5.58. The maximum atomic E-state index is 5.58. The van der Waals surface area contributed by atoms with E-state index in [1.807, 2.05) is 19.1 Å². The van der Waals surface area contributed by atoms with Crippen LogP contribution in [-0.2, 0) is 4.74 Å². The van der Waals surface area contributed by atoms with Gasteiger partial charge in [-0.3, -0.25) is 4.90 Å². The molecule has 0 N–H and O–H groups in total. The molecule has 2 saturated heterocycles. The Bertz CT molecular complexity index is 452. The molecule has 3 rings (SSSR count). The number of methoxy groups -OCH3 is 1. The summed E-state index contributed by atoms with van der Waals surface area (Å²) in [4.78, 5) is 9.48. The molecule has 0 bridgehead atoms. The molecule has 5 nitrogen and oxygen atoms in total. The Kier molecular flexibility index (Phi) is 3.57. The fourth-order valence-electron chi connectivity index (χ4n) is 2.86. The predicted octanol–water partition coefficient (Wildman–Crippen LogP) is 0.919. The van der Waals surface area contributed by atoms with Gasteiger partial charge in [0.25, 0.3) is 0 Å². The van der Waals surface area contributed by atoms with Crippen LogP contribution < -0.4 is 9.64 Å². The smallest absolute Gasteiger partial charge is 0.171 e. The predicted molar refractivity (Wildman–Crippen MR) is 73.9 cm³/mol. The van der Waals surface area contributed by atoms with Crippen LogP contribution in [-0.4, -0.2) is 62.4 Å². The normalized spacial score (nSPS) is 24.1. The summed E-state index contributed by atoms with van der Waals surface area (Å²) in [6.07, 6.45) is 0. The molecule has 0 saturated carbocycles. The number of aryl methyl sites for hydroxylation is 1. The van der Waals surface area contributed by atoms with Gasteiger partial charge in [-0.05, 0) is 19.1 Å². The second kappa shape index (κ2) is 5.35. The number of nitrogens with zero attached hydrogens (tertiary/aromatic N) is 3. The number of hydrogen-bond donors (Lipinski definition) is 0. The molecule has 0 aliphatic carbocycles. The van der Waals surface area contributed by atoms with E-state index < -0.39 is 0 Å². The number of morpholine rings is 1. The van der Waals surface area contributed by atoms with E-state index in [0.29, 0.717) is 6.04 Å². The summed E-state index contributed by atoms with van der Waals surface area (Å²) in [5.74, 6) is 1.82. The van der Waals surface area contributed by atoms with Crippen LogP contribution in [0.25, 0.3) is 0 Å². The van der Waals surface area contributed by atoms with E-state index in [9.17, 15) is 0 Å². The number of piperazine rings is 1. The molecule has 19 heavy (non-hydrogen) atoms. The topological polar surface area (TPSA) is 37.8 Å². The second-order valence-corrected chi connectivity index (χ2v) is 5.19. The third kappa shape index (κ3) is 2.53. The van der Waals surface area contributed by atoms with Crippen molar-refractivity contribution in [3.63, 3.8) is 0 Å². The maximum Gasteiger partial charge on any atom is 0.171 e. The molecule has 0 radical (unpaired) electrons. The van der Waals surface area contributed by atoms with Crippen LogP contribution in [0, 0.1) is 6.92 Å². The molecule has 1 aromatic heterocycles. The lowest BCUT2D eigenvalue weighted by Gasteiger charge is -2.44. The summed E-state index contributed by atoms with van der Waals surface area (Å²) in [5, 5.41) is 0. The van der Waals surface area contributed by atoms with E-state index in [2.05, 4.69) is 14.8 Å². The quantitative estimate of drug-likeness (QED) is 0.793. The van der Waals surface area contributed by atoms with Gasteiger partial charge in [-0.1, -0.05) is 0 Å². The molecular weight excluding hydrogens is 242 g/mol. The number of rotatable bonds is 2. The number of pyridine rings is 1. The van der Waals surface area contributed by atoms with Gasteiger partial charge in [0.2, 0.25) is 0 Å². The lowest BCUT2D eigenvalue weighted by Crippen LogP contribution is -2.58. The van der Waals surface area contributed by atoms with Crippen molar-refractivity contribution in [2.24, 2.45) is 0 Å². The zero-order valence-corrected chi connectivity index (χ0v) is 11.6. The average molecular weight is 263 g/mol. The Morgan fingerprint density at radius 3 is 3.05 bits per heavy atom. The number of aromatic nitrogens is 1. The largest absolute Gasteiger partial charge is 0.493 e. The molecule has 0 amide bonds. The van der Waals surface area contributed by atoms with Gasteiger partial charge >= 0.3 is 0 Å². The Hall–Kier alpha value is -1.33. The van der Waals surface area contributed by atoms with Crippen molar-refractivity contribution in [1.82, 2.24) is 9.88 Å². The van der Waals surface area contributed by atoms with Crippen LogP contribution in [0.1, 0.15) is 5.69 Å². The van der Waals surface area contributed by atoms with Crippen LogP contribution in [0.3, 0.4) is 0 Å². The Labute approximate surface area is 114 Å². The van der Waals surface area contributed by atoms with Crippen molar-refractivity contribution in [1.29, 1.82) is 0 Å². The molecule has 0 spiro atoms. The highest BCUT2D eigenvalue weighted by Crippen LogP contribution is 2.28. The third-order valence-electron chi connectivity index (χ3n) is 3.94. The van der Waals surface area contributed by atoms with E-state index in [1.54, 1.807) is 7.11 Å². The minimum absolute atomic E-state index is 0.481. The number of ether oxygens (including phenoxy) is 2. The van der Waals surface area contributed by atoms with Gasteiger partial charge in [-0.15, -0.1) is 0 Å². The van der Waals surface area contributed by atoms with Crippen molar-refractivity contribution in [2.75, 3.05) is 51.4 Å². The van der Waals surface area contributed by atoms with Crippen LogP contribution in [0.4, 0.5) is 5.82 Å². The first-order valence-corrected chi connectivity index (χ1v) is 6.86. The number of hydrogen-bond acceptors (Lipinski definition) is 5. The highest BCUT2D eigenvalue weighted by atomic mass is 16.5. The zero-order valence-electron chi connectivity index (χ0n) is 11.6. The molecule has 1 aromatic rings. The van der Waals surface area contributed by atoms with Gasteiger partial charge in [0.1, 0.15) is 0 Å². The van der Waals surface area contributed by atoms with E-state index in [4.69, 9.17) is 9.47 Å². The highest BCUT2D eigenvalue weighted by Gasteiger charge is 2.31. The van der Waals surface area contributed by atoms with Crippen molar-refractivity contribution < 1.29 is 9.47 Å². The number of fused-ring (bicyclic) bond motifs is 1. The molecule has 1 atom stereocenters. The van der Waals surface area contributed by atoms with Crippen molar-refractivity contribution in [2.45, 2.75) is 13.0 Å². The molecule has 0 aromatic carbocycles. The summed E-state index contributed by atoms with van der Waals surface area (Å²) in [6, 6.07) is 4.47. The third-order valence-corrected chi connectivity index (χ3v) is 3.94. The second-order valence-electron chi connectivity index (χ2n) is 5.19. The standard InChI is InChI=1S/C14H21N3O2/c1-11-3-4-13(18-2)14(15-11)17-6-5-16-7-8-19-10-12(16)9-17/h3-4,12H,5-10H2,1-2H3. The lowest BCUT2D eigenvalue weighted by atomic mass is 10.1. The molecule has 2 aliphatic rings. The van der Waals surface area contributed by atoms with Gasteiger partial charge in [-0.2, -0.15) is 0 Å². The molecule has 104 valence electrons. The molecule has 1 unspecified atom stereocenters. The van der Waals surface area contributed by atoms with Gasteiger partial charge in [0.05, 0.1) is 26.4 Å². The van der Waals surface area contributed by atoms with E-state index in [-0.39, 0.29) is 0 Å². The minimum Gasteiger partial charge on any atom is -0.493 e. The van der Waals surface area contributed by atoms with Crippen molar-refractivity contribution >= 4 is 5.82 Å². The fraction of sp³-hybridized carbons (Fsp3) is 0.643. The Morgan fingerprint density at radius 1 is 1.32 bits per heavy atom. The van der Waals surface area contributed by atoms with Gasteiger partial charge in [0, 0.05) is 31.9 Å². The Morgan fingerprint density at radius 2 is 2.21 bits per heavy atom. The molecule has 5 heteroatoms. The van der Waals surface area contributed by atoms with Gasteiger partial charge < -0.3 is 14.4 Å². The van der Waals surface area contributed by atoms with E-state index in [1.165, 1.54) is 0 Å². The van der Waals surface area contributed by atoms with Crippen LogP contribution in [0.2, 0.25) is 0 Å². The Balaban J connectivity index is 1.80. The summed E-state index contributed by atoms with van der Waals surface area (Å²) < 4.78 is 11.0. The van der Waals surface area contributed by atoms with Crippen LogP contribution in [0.5, 0.6) is 5.75 Å². The van der Waals surface area contributed by atoms with Crippen molar-refractivity contribution in [3.8, 4) is 5.75 Å². The minimum atomic E-state index is 0.481. The summed E-state index contributed by atoms with van der Waals surface area (Å²) in [7, 11) is 1.70. The number of anilines is 1. The first-order valence-electron chi connectivity index (χ1n) is 6.86.